The first-order valence-corrected chi connectivity index (χ1v) is 16.3. The van der Waals surface area contributed by atoms with Crippen molar-refractivity contribution < 1.29 is 0 Å². The maximum Gasteiger partial charge on any atom is 0.0275 e. The molecule has 0 bridgehead atoms. The van der Waals surface area contributed by atoms with E-state index in [1.54, 1.807) is 0 Å². The van der Waals surface area contributed by atoms with Crippen molar-refractivity contribution in [3.05, 3.63) is 162 Å². The Morgan fingerprint density at radius 3 is 1.71 bits per heavy atom. The molecular formula is C40H37P. The minimum absolute atomic E-state index is 0.176. The molecule has 0 saturated heterocycles. The van der Waals surface area contributed by atoms with Crippen LogP contribution in [-0.2, 0) is 5.41 Å². The fourth-order valence-electron chi connectivity index (χ4n) is 8.18. The lowest BCUT2D eigenvalue weighted by Gasteiger charge is -2.57. The van der Waals surface area contributed by atoms with Crippen molar-refractivity contribution in [1.29, 1.82) is 0 Å². The first-order chi connectivity index (χ1) is 20.1. The molecule has 0 fully saturated rings. The Morgan fingerprint density at radius 2 is 1.15 bits per heavy atom. The first-order valence-electron chi connectivity index (χ1n) is 15.0. The summed E-state index contributed by atoms with van der Waals surface area (Å²) in [4.78, 5) is 0. The quantitative estimate of drug-likeness (QED) is 0.178. The largest absolute Gasteiger partial charge is 0.0721 e. The van der Waals surface area contributed by atoms with Crippen molar-refractivity contribution >= 4 is 24.6 Å². The van der Waals surface area contributed by atoms with Gasteiger partial charge in [0.1, 0.15) is 0 Å². The fourth-order valence-corrected chi connectivity index (χ4v) is 11.8. The van der Waals surface area contributed by atoms with Crippen LogP contribution < -0.4 is 10.6 Å². The van der Waals surface area contributed by atoms with Gasteiger partial charge in [0.15, 0.2) is 0 Å². The third-order valence-electron chi connectivity index (χ3n) is 10.0. The smallest absolute Gasteiger partial charge is 0.0275 e. The van der Waals surface area contributed by atoms with E-state index >= 15 is 0 Å². The average Bonchev–Trinajstić information content (AvgIpc) is 3.60. The van der Waals surface area contributed by atoms with Gasteiger partial charge < -0.3 is 0 Å². The molecule has 7 rings (SSSR count). The van der Waals surface area contributed by atoms with Gasteiger partial charge in [0.2, 0.25) is 0 Å². The summed E-state index contributed by atoms with van der Waals surface area (Å²) in [6, 6.07) is 50.4. The molecule has 3 unspecified atom stereocenters. The van der Waals surface area contributed by atoms with Gasteiger partial charge in [-0.05, 0) is 57.8 Å². The molecular weight excluding hydrogens is 511 g/mol. The summed E-state index contributed by atoms with van der Waals surface area (Å²) in [6.45, 7) is 7.53. The first kappa shape index (κ1) is 26.2. The van der Waals surface area contributed by atoms with Crippen LogP contribution in [0.1, 0.15) is 55.4 Å². The number of benzene rings is 5. The third kappa shape index (κ3) is 3.77. The molecule has 5 aromatic rings. The van der Waals surface area contributed by atoms with Crippen LogP contribution in [0.3, 0.4) is 0 Å². The van der Waals surface area contributed by atoms with Gasteiger partial charge in [0, 0.05) is 16.5 Å². The van der Waals surface area contributed by atoms with E-state index in [1.165, 1.54) is 44.0 Å². The van der Waals surface area contributed by atoms with Crippen LogP contribution in [0.15, 0.2) is 140 Å². The maximum atomic E-state index is 2.65. The Labute approximate surface area is 246 Å². The molecule has 0 aromatic heterocycles. The van der Waals surface area contributed by atoms with Crippen LogP contribution in [0.25, 0.3) is 17.2 Å². The number of fused-ring (bicyclic) bond motifs is 4. The van der Waals surface area contributed by atoms with E-state index < -0.39 is 7.92 Å². The number of allylic oxidation sites excluding steroid dienone is 1. The lowest BCUT2D eigenvalue weighted by Crippen LogP contribution is -2.56. The number of rotatable bonds is 7. The fraction of sp³-hybridized carbons (Fsp3) is 0.200. The van der Waals surface area contributed by atoms with Gasteiger partial charge in [0.25, 0.3) is 0 Å². The summed E-state index contributed by atoms with van der Waals surface area (Å²) in [5.74, 6) is 0.663. The highest BCUT2D eigenvalue weighted by molar-refractivity contribution is 7.74. The van der Waals surface area contributed by atoms with Gasteiger partial charge in [-0.1, -0.05) is 173 Å². The van der Waals surface area contributed by atoms with Crippen LogP contribution in [0.5, 0.6) is 0 Å². The molecule has 202 valence electrons. The van der Waals surface area contributed by atoms with Crippen LogP contribution in [-0.4, -0.2) is 5.16 Å². The average molecular weight is 549 g/mol. The molecule has 0 saturated carbocycles. The van der Waals surface area contributed by atoms with Crippen LogP contribution in [0.2, 0.25) is 0 Å². The van der Waals surface area contributed by atoms with E-state index in [1.807, 2.05) is 0 Å². The SMILES string of the molecule is CCC(C)C1(C(C)(C2c3ccccc3-c3ccccc32)P(c2ccccc2)c2ccccc2)C=Cc2ccccc21. The van der Waals surface area contributed by atoms with Crippen molar-refractivity contribution in [2.75, 3.05) is 0 Å². The van der Waals surface area contributed by atoms with Gasteiger partial charge in [0.05, 0.1) is 0 Å². The van der Waals surface area contributed by atoms with E-state index in [0.29, 0.717) is 5.92 Å². The van der Waals surface area contributed by atoms with Gasteiger partial charge in [-0.25, -0.2) is 0 Å². The molecule has 0 nitrogen and oxygen atoms in total. The zero-order chi connectivity index (χ0) is 28.0. The summed E-state index contributed by atoms with van der Waals surface area (Å²) in [5.41, 5.74) is 8.40. The van der Waals surface area contributed by atoms with Gasteiger partial charge >= 0.3 is 0 Å². The van der Waals surface area contributed by atoms with E-state index in [9.17, 15) is 0 Å². The molecule has 0 radical (unpaired) electrons. The molecule has 2 aliphatic rings. The molecule has 5 aromatic carbocycles. The summed E-state index contributed by atoms with van der Waals surface area (Å²) in [6.07, 6.45) is 6.16. The van der Waals surface area contributed by atoms with Gasteiger partial charge in [-0.15, -0.1) is 0 Å². The second kappa shape index (κ2) is 10.3. The number of hydrogen-bond acceptors (Lipinski definition) is 0. The van der Waals surface area contributed by atoms with Crippen molar-refractivity contribution in [3.63, 3.8) is 0 Å². The molecule has 1 heteroatoms. The van der Waals surface area contributed by atoms with E-state index in [2.05, 4.69) is 166 Å². The molecule has 0 N–H and O–H groups in total. The second-order valence-corrected chi connectivity index (χ2v) is 14.5. The standard InChI is InChI=1S/C40H37P/c1-4-29(2)40(28-27-30-17-11-16-26-37(30)40)39(3,41(31-18-7-5-8-19-31)32-20-9-6-10-21-32)38-35-24-14-12-22-33(35)34-23-13-15-25-36(34)38/h5-29,38H,4H2,1-3H3. The van der Waals surface area contributed by atoms with Crippen molar-refractivity contribution in [3.8, 4) is 11.1 Å². The summed E-state index contributed by atoms with van der Waals surface area (Å²) in [5, 5.41) is 2.70. The lowest BCUT2D eigenvalue weighted by molar-refractivity contribution is 0.258. The minimum Gasteiger partial charge on any atom is -0.0721 e. The van der Waals surface area contributed by atoms with Crippen molar-refractivity contribution in [1.82, 2.24) is 0 Å². The van der Waals surface area contributed by atoms with Gasteiger partial charge in [-0.2, -0.15) is 0 Å². The monoisotopic (exact) mass is 548 g/mol. The summed E-state index contributed by atoms with van der Waals surface area (Å²) >= 11 is 0. The highest BCUT2D eigenvalue weighted by Crippen LogP contribution is 2.71. The molecule has 3 atom stereocenters. The Balaban J connectivity index is 1.65. The Kier molecular flexibility index (Phi) is 6.56. The Hall–Kier alpha value is -3.73. The lowest BCUT2D eigenvalue weighted by atomic mass is 9.58. The third-order valence-corrected chi connectivity index (χ3v) is 13.2. The Bertz CT molecular complexity index is 1630. The number of hydrogen-bond donors (Lipinski definition) is 0. The van der Waals surface area contributed by atoms with Crippen LogP contribution in [0.4, 0.5) is 0 Å². The van der Waals surface area contributed by atoms with E-state index in [4.69, 9.17) is 0 Å². The Morgan fingerprint density at radius 1 is 0.659 bits per heavy atom. The topological polar surface area (TPSA) is 0 Å². The molecule has 0 amide bonds. The van der Waals surface area contributed by atoms with Crippen molar-refractivity contribution in [2.24, 2.45) is 5.92 Å². The maximum absolute atomic E-state index is 2.65. The highest BCUT2D eigenvalue weighted by atomic mass is 31.1. The van der Waals surface area contributed by atoms with E-state index in [-0.39, 0.29) is 16.5 Å². The van der Waals surface area contributed by atoms with E-state index in [0.717, 1.165) is 6.42 Å². The molecule has 2 aliphatic carbocycles. The molecule has 0 heterocycles. The van der Waals surface area contributed by atoms with Gasteiger partial charge in [-0.3, -0.25) is 0 Å². The zero-order valence-corrected chi connectivity index (χ0v) is 25.1. The normalized spacial score (nSPS) is 19.4. The van der Waals surface area contributed by atoms with Crippen LogP contribution >= 0.6 is 7.92 Å². The second-order valence-electron chi connectivity index (χ2n) is 11.9. The summed E-state index contributed by atoms with van der Waals surface area (Å²) < 4.78 is 0. The predicted octanol–water partition coefficient (Wildman–Crippen LogP) is 9.70. The predicted molar refractivity (Wildman–Crippen MR) is 178 cm³/mol. The minimum atomic E-state index is -0.830. The molecule has 41 heavy (non-hydrogen) atoms. The molecule has 0 spiro atoms. The van der Waals surface area contributed by atoms with Crippen molar-refractivity contribution in [2.45, 2.75) is 43.7 Å². The van der Waals surface area contributed by atoms with Crippen LogP contribution in [0, 0.1) is 5.92 Å². The summed E-state index contributed by atoms with van der Waals surface area (Å²) in [7, 11) is -0.830. The highest BCUT2D eigenvalue weighted by Gasteiger charge is 2.62. The zero-order valence-electron chi connectivity index (χ0n) is 24.2. The molecule has 0 aliphatic heterocycles.